The lowest BCUT2D eigenvalue weighted by Gasteiger charge is -2.19. The second-order valence-electron chi connectivity index (χ2n) is 3.53. The van der Waals surface area contributed by atoms with Crippen LogP contribution in [0.5, 0.6) is 0 Å². The Bertz CT molecular complexity index is 481. The molecule has 0 radical (unpaired) electrons. The highest BCUT2D eigenvalue weighted by Crippen LogP contribution is 2.24. The molecular weight excluding hydrogens is 234 g/mol. The highest BCUT2D eigenvalue weighted by Gasteiger charge is 2.39. The van der Waals surface area contributed by atoms with Gasteiger partial charge in [0.05, 0.1) is 12.5 Å². The number of H-pyrrole nitrogens is 1. The molecule has 0 bridgehead atoms. The smallest absolute Gasteiger partial charge is 0.322 e. The van der Waals surface area contributed by atoms with Crippen LogP contribution in [0.1, 0.15) is 12.8 Å². The zero-order chi connectivity index (χ0) is 11.8. The fraction of sp³-hybridized carbons (Fsp3) is 0.500. The fourth-order valence-corrected chi connectivity index (χ4v) is 3.33. The lowest BCUT2D eigenvalue weighted by molar-refractivity contribution is -0.140. The number of rotatable bonds is 3. The van der Waals surface area contributed by atoms with Gasteiger partial charge in [-0.05, 0) is 12.8 Å². The molecule has 16 heavy (non-hydrogen) atoms. The molecule has 0 aromatic carbocycles. The van der Waals surface area contributed by atoms with Crippen molar-refractivity contribution >= 4 is 16.0 Å². The fourth-order valence-electron chi connectivity index (χ4n) is 1.79. The SMILES string of the molecule is O=C(O)[C@@H]1CCCN1S(=O)(=O)c1cnc[nH]1. The Balaban J connectivity index is 2.34. The number of carboxylic acid groups (broad SMARTS) is 1. The zero-order valence-electron chi connectivity index (χ0n) is 8.33. The lowest BCUT2D eigenvalue weighted by atomic mass is 10.2. The van der Waals surface area contributed by atoms with Crippen molar-refractivity contribution < 1.29 is 18.3 Å². The number of carboxylic acids is 1. The van der Waals surface area contributed by atoms with Crippen LogP contribution in [0, 0.1) is 0 Å². The third-order valence-corrected chi connectivity index (χ3v) is 4.38. The van der Waals surface area contributed by atoms with Crippen molar-refractivity contribution in [3.8, 4) is 0 Å². The maximum atomic E-state index is 12.0. The summed E-state index contributed by atoms with van der Waals surface area (Å²) in [5.41, 5.74) is 0. The maximum Gasteiger partial charge on any atom is 0.322 e. The first kappa shape index (κ1) is 11.1. The van der Waals surface area contributed by atoms with Crippen LogP contribution in [0.4, 0.5) is 0 Å². The van der Waals surface area contributed by atoms with Gasteiger partial charge in [-0.1, -0.05) is 0 Å². The minimum Gasteiger partial charge on any atom is -0.480 e. The molecule has 2 rings (SSSR count). The summed E-state index contributed by atoms with van der Waals surface area (Å²) < 4.78 is 25.0. The molecule has 8 heteroatoms. The number of aromatic amines is 1. The van der Waals surface area contributed by atoms with Crippen molar-refractivity contribution in [3.05, 3.63) is 12.5 Å². The van der Waals surface area contributed by atoms with E-state index in [9.17, 15) is 13.2 Å². The van der Waals surface area contributed by atoms with Gasteiger partial charge in [-0.3, -0.25) is 4.79 Å². The number of sulfonamides is 1. The Morgan fingerprint density at radius 3 is 2.94 bits per heavy atom. The van der Waals surface area contributed by atoms with E-state index in [0.29, 0.717) is 12.8 Å². The first-order valence-corrected chi connectivity index (χ1v) is 6.20. The highest BCUT2D eigenvalue weighted by atomic mass is 32.2. The molecule has 1 aromatic rings. The molecule has 0 spiro atoms. The van der Waals surface area contributed by atoms with Gasteiger partial charge in [-0.15, -0.1) is 0 Å². The third-order valence-electron chi connectivity index (χ3n) is 2.55. The van der Waals surface area contributed by atoms with E-state index in [1.165, 1.54) is 12.5 Å². The van der Waals surface area contributed by atoms with E-state index in [2.05, 4.69) is 9.97 Å². The predicted molar refractivity (Wildman–Crippen MR) is 53.1 cm³/mol. The molecule has 0 aliphatic carbocycles. The third kappa shape index (κ3) is 1.69. The molecule has 0 saturated carbocycles. The minimum absolute atomic E-state index is 0.0688. The van der Waals surface area contributed by atoms with Crippen LogP contribution in [0.15, 0.2) is 17.6 Å². The summed E-state index contributed by atoms with van der Waals surface area (Å²) in [6.45, 7) is 0.234. The van der Waals surface area contributed by atoms with Crippen molar-refractivity contribution in [3.63, 3.8) is 0 Å². The van der Waals surface area contributed by atoms with E-state index in [-0.39, 0.29) is 11.6 Å². The Kier molecular flexibility index (Phi) is 2.68. The number of hydrogen-bond donors (Lipinski definition) is 2. The molecule has 2 N–H and O–H groups in total. The second kappa shape index (κ2) is 3.87. The van der Waals surface area contributed by atoms with Gasteiger partial charge >= 0.3 is 5.97 Å². The van der Waals surface area contributed by atoms with Crippen molar-refractivity contribution in [2.45, 2.75) is 23.9 Å². The van der Waals surface area contributed by atoms with E-state index in [0.717, 1.165) is 4.31 Å². The Morgan fingerprint density at radius 2 is 2.38 bits per heavy atom. The molecular formula is C8H11N3O4S. The van der Waals surface area contributed by atoms with Crippen LogP contribution in [-0.4, -0.2) is 46.4 Å². The minimum atomic E-state index is -3.76. The number of aliphatic carboxylic acids is 1. The molecule has 2 heterocycles. The summed E-state index contributed by atoms with van der Waals surface area (Å²) in [4.78, 5) is 17.0. The monoisotopic (exact) mass is 245 g/mol. The van der Waals surface area contributed by atoms with Crippen LogP contribution in [-0.2, 0) is 14.8 Å². The van der Waals surface area contributed by atoms with Crippen molar-refractivity contribution in [2.24, 2.45) is 0 Å². The van der Waals surface area contributed by atoms with Gasteiger partial charge in [0.2, 0.25) is 0 Å². The van der Waals surface area contributed by atoms with Crippen LogP contribution >= 0.6 is 0 Å². The van der Waals surface area contributed by atoms with Crippen LogP contribution in [0.2, 0.25) is 0 Å². The first-order chi connectivity index (χ1) is 7.53. The van der Waals surface area contributed by atoms with E-state index < -0.39 is 22.0 Å². The number of imidazole rings is 1. The van der Waals surface area contributed by atoms with Crippen molar-refractivity contribution in [1.29, 1.82) is 0 Å². The molecule has 0 unspecified atom stereocenters. The number of carbonyl (C=O) groups is 1. The van der Waals surface area contributed by atoms with Gasteiger partial charge < -0.3 is 10.1 Å². The van der Waals surface area contributed by atoms with Crippen molar-refractivity contribution in [2.75, 3.05) is 6.54 Å². The van der Waals surface area contributed by atoms with E-state index in [4.69, 9.17) is 5.11 Å². The molecule has 7 nitrogen and oxygen atoms in total. The summed E-state index contributed by atoms with van der Waals surface area (Å²) in [7, 11) is -3.76. The standard InChI is InChI=1S/C8H11N3O4S/c12-8(13)6-2-1-3-11(6)16(14,15)7-4-9-5-10-7/h4-6H,1-3H2,(H,9,10)(H,12,13)/t6-/m0/s1. The van der Waals surface area contributed by atoms with Gasteiger partial charge in [-0.25, -0.2) is 13.4 Å². The summed E-state index contributed by atoms with van der Waals surface area (Å²) in [5.74, 6) is -1.11. The van der Waals surface area contributed by atoms with E-state index in [1.807, 2.05) is 0 Å². The van der Waals surface area contributed by atoms with Gasteiger partial charge in [-0.2, -0.15) is 4.31 Å². The van der Waals surface area contributed by atoms with Crippen molar-refractivity contribution in [1.82, 2.24) is 14.3 Å². The van der Waals surface area contributed by atoms with Crippen LogP contribution < -0.4 is 0 Å². The predicted octanol–water partition coefficient (Wildman–Crippen LogP) is -0.353. The Labute approximate surface area is 92.2 Å². The average Bonchev–Trinajstić information content (AvgIpc) is 2.89. The topological polar surface area (TPSA) is 103 Å². The molecule has 1 saturated heterocycles. The van der Waals surface area contributed by atoms with Crippen LogP contribution in [0.3, 0.4) is 0 Å². The normalized spacial score (nSPS) is 22.4. The number of aromatic nitrogens is 2. The largest absolute Gasteiger partial charge is 0.480 e. The van der Waals surface area contributed by atoms with Crippen LogP contribution in [0.25, 0.3) is 0 Å². The molecule has 1 aromatic heterocycles. The van der Waals surface area contributed by atoms with Gasteiger partial charge in [0, 0.05) is 6.54 Å². The number of nitrogens with zero attached hydrogens (tertiary/aromatic N) is 2. The molecule has 88 valence electrons. The number of hydrogen-bond acceptors (Lipinski definition) is 4. The first-order valence-electron chi connectivity index (χ1n) is 4.76. The summed E-state index contributed by atoms with van der Waals surface area (Å²) in [6.07, 6.45) is 3.33. The summed E-state index contributed by atoms with van der Waals surface area (Å²) in [5, 5.41) is 8.84. The quantitative estimate of drug-likeness (QED) is 0.757. The highest BCUT2D eigenvalue weighted by molar-refractivity contribution is 7.89. The maximum absolute atomic E-state index is 12.0. The Morgan fingerprint density at radius 1 is 1.62 bits per heavy atom. The lowest BCUT2D eigenvalue weighted by Crippen LogP contribution is -2.40. The molecule has 1 fully saturated rings. The Hall–Kier alpha value is -1.41. The van der Waals surface area contributed by atoms with Gasteiger partial charge in [0.15, 0.2) is 5.03 Å². The van der Waals surface area contributed by atoms with Gasteiger partial charge in [0.25, 0.3) is 10.0 Å². The molecule has 1 aliphatic rings. The molecule has 1 aliphatic heterocycles. The summed E-state index contributed by atoms with van der Waals surface area (Å²) in [6, 6.07) is -0.965. The number of nitrogens with one attached hydrogen (secondary N) is 1. The van der Waals surface area contributed by atoms with E-state index in [1.54, 1.807) is 0 Å². The summed E-state index contributed by atoms with van der Waals surface area (Å²) >= 11 is 0. The zero-order valence-corrected chi connectivity index (χ0v) is 9.14. The van der Waals surface area contributed by atoms with Gasteiger partial charge in [0.1, 0.15) is 6.04 Å². The molecule has 1 atom stereocenters. The average molecular weight is 245 g/mol. The molecule has 0 amide bonds. The van der Waals surface area contributed by atoms with E-state index >= 15 is 0 Å². The second-order valence-corrected chi connectivity index (χ2v) is 5.39.